The van der Waals surface area contributed by atoms with Crippen molar-refractivity contribution in [2.24, 2.45) is 11.7 Å². The molecule has 0 rings (SSSR count). The van der Waals surface area contributed by atoms with Crippen molar-refractivity contribution < 1.29 is 0 Å². The van der Waals surface area contributed by atoms with Gasteiger partial charge < -0.3 is 5.73 Å². The van der Waals surface area contributed by atoms with Crippen LogP contribution in [-0.2, 0) is 0 Å². The second-order valence-electron chi connectivity index (χ2n) is 4.85. The molecule has 0 aromatic carbocycles. The lowest BCUT2D eigenvalue weighted by Crippen LogP contribution is -2.45. The molecule has 86 valence electrons. The first-order valence-corrected chi connectivity index (χ1v) is 5.98. The van der Waals surface area contributed by atoms with Gasteiger partial charge in [0, 0.05) is 18.6 Å². The first-order valence-electron chi connectivity index (χ1n) is 5.98. The van der Waals surface area contributed by atoms with Crippen LogP contribution in [0.15, 0.2) is 0 Å². The predicted molar refractivity (Wildman–Crippen MR) is 64.4 cm³/mol. The second kappa shape index (κ2) is 7.24. The summed E-state index contributed by atoms with van der Waals surface area (Å²) in [7, 11) is 0. The van der Waals surface area contributed by atoms with Gasteiger partial charge in [0.15, 0.2) is 0 Å². The van der Waals surface area contributed by atoms with Crippen molar-refractivity contribution >= 4 is 0 Å². The molecule has 0 saturated carbocycles. The number of hydrogen-bond donors (Lipinski definition) is 1. The molecule has 0 saturated heterocycles. The average molecular weight is 200 g/mol. The highest BCUT2D eigenvalue weighted by Gasteiger charge is 2.19. The van der Waals surface area contributed by atoms with Gasteiger partial charge in [-0.3, -0.25) is 4.90 Å². The van der Waals surface area contributed by atoms with E-state index in [4.69, 9.17) is 5.73 Å². The average Bonchev–Trinajstić information content (AvgIpc) is 2.10. The number of rotatable bonds is 7. The van der Waals surface area contributed by atoms with Crippen LogP contribution in [0.25, 0.3) is 0 Å². The maximum atomic E-state index is 5.85. The molecule has 0 aliphatic heterocycles. The van der Waals surface area contributed by atoms with E-state index in [0.29, 0.717) is 12.1 Å². The van der Waals surface area contributed by atoms with Gasteiger partial charge in [-0.2, -0.15) is 0 Å². The number of nitrogens with two attached hydrogens (primary N) is 1. The first-order chi connectivity index (χ1) is 6.52. The SMILES string of the molecule is CCCN(C(C)C)C(CN)CC(C)C. The monoisotopic (exact) mass is 200 g/mol. The topological polar surface area (TPSA) is 29.3 Å². The molecule has 0 aromatic heterocycles. The van der Waals surface area contributed by atoms with Crippen LogP contribution in [0.1, 0.15) is 47.5 Å². The maximum absolute atomic E-state index is 5.85. The minimum Gasteiger partial charge on any atom is -0.329 e. The Morgan fingerprint density at radius 2 is 1.71 bits per heavy atom. The molecule has 1 atom stereocenters. The molecule has 0 amide bonds. The van der Waals surface area contributed by atoms with Crippen LogP contribution in [0.2, 0.25) is 0 Å². The van der Waals surface area contributed by atoms with Gasteiger partial charge in [-0.15, -0.1) is 0 Å². The van der Waals surface area contributed by atoms with Crippen LogP contribution in [0.5, 0.6) is 0 Å². The van der Waals surface area contributed by atoms with Crippen LogP contribution in [0.4, 0.5) is 0 Å². The van der Waals surface area contributed by atoms with Crippen LogP contribution in [-0.4, -0.2) is 30.1 Å². The molecule has 1 unspecified atom stereocenters. The van der Waals surface area contributed by atoms with Gasteiger partial charge in [0.05, 0.1) is 0 Å². The summed E-state index contributed by atoms with van der Waals surface area (Å²) in [6.45, 7) is 13.3. The Hall–Kier alpha value is -0.0800. The fourth-order valence-corrected chi connectivity index (χ4v) is 2.03. The largest absolute Gasteiger partial charge is 0.329 e. The molecule has 14 heavy (non-hydrogen) atoms. The van der Waals surface area contributed by atoms with Gasteiger partial charge in [-0.05, 0) is 39.2 Å². The van der Waals surface area contributed by atoms with Gasteiger partial charge in [-0.25, -0.2) is 0 Å². The smallest absolute Gasteiger partial charge is 0.0223 e. The molecule has 0 fully saturated rings. The minimum absolute atomic E-state index is 0.565. The zero-order valence-electron chi connectivity index (χ0n) is 10.6. The normalized spacial score (nSPS) is 14.4. The van der Waals surface area contributed by atoms with Crippen molar-refractivity contribution in [1.29, 1.82) is 0 Å². The van der Waals surface area contributed by atoms with Crippen molar-refractivity contribution in [3.05, 3.63) is 0 Å². The van der Waals surface area contributed by atoms with Crippen molar-refractivity contribution in [2.45, 2.75) is 59.5 Å². The Kier molecular flexibility index (Phi) is 7.20. The maximum Gasteiger partial charge on any atom is 0.0223 e. The fourth-order valence-electron chi connectivity index (χ4n) is 2.03. The lowest BCUT2D eigenvalue weighted by molar-refractivity contribution is 0.139. The number of nitrogens with zero attached hydrogens (tertiary/aromatic N) is 1. The summed E-state index contributed by atoms with van der Waals surface area (Å²) in [5.74, 6) is 0.738. The standard InChI is InChI=1S/C12H28N2/c1-6-7-14(11(4)5)12(9-13)8-10(2)3/h10-12H,6-9,13H2,1-5H3. The van der Waals surface area contributed by atoms with Crippen molar-refractivity contribution in [3.63, 3.8) is 0 Å². The Bertz CT molecular complexity index is 132. The van der Waals surface area contributed by atoms with E-state index in [1.165, 1.54) is 19.4 Å². The first kappa shape index (κ1) is 13.9. The molecule has 0 aliphatic carbocycles. The number of hydrogen-bond acceptors (Lipinski definition) is 2. The molecule has 2 nitrogen and oxygen atoms in total. The lowest BCUT2D eigenvalue weighted by Gasteiger charge is -2.35. The minimum atomic E-state index is 0.565. The van der Waals surface area contributed by atoms with E-state index in [1.807, 2.05) is 0 Å². The third-order valence-electron chi connectivity index (χ3n) is 2.63. The summed E-state index contributed by atoms with van der Waals surface area (Å²) >= 11 is 0. The molecule has 0 radical (unpaired) electrons. The van der Waals surface area contributed by atoms with Gasteiger partial charge in [-0.1, -0.05) is 20.8 Å². The van der Waals surface area contributed by atoms with E-state index in [9.17, 15) is 0 Å². The molecule has 0 heterocycles. The van der Waals surface area contributed by atoms with Gasteiger partial charge in [0.2, 0.25) is 0 Å². The highest BCUT2D eigenvalue weighted by molar-refractivity contribution is 4.76. The summed E-state index contributed by atoms with van der Waals surface area (Å²) < 4.78 is 0. The Morgan fingerprint density at radius 1 is 1.14 bits per heavy atom. The van der Waals surface area contributed by atoms with Crippen LogP contribution < -0.4 is 5.73 Å². The lowest BCUT2D eigenvalue weighted by atomic mass is 10.0. The molecular formula is C12H28N2. The highest BCUT2D eigenvalue weighted by Crippen LogP contribution is 2.14. The van der Waals surface area contributed by atoms with Crippen LogP contribution >= 0.6 is 0 Å². The fraction of sp³-hybridized carbons (Fsp3) is 1.00. The zero-order chi connectivity index (χ0) is 11.1. The molecule has 0 aliphatic rings. The van der Waals surface area contributed by atoms with E-state index in [-0.39, 0.29) is 0 Å². The van der Waals surface area contributed by atoms with Crippen molar-refractivity contribution in [1.82, 2.24) is 4.90 Å². The summed E-state index contributed by atoms with van der Waals surface area (Å²) in [6.07, 6.45) is 2.43. The Morgan fingerprint density at radius 3 is 2.00 bits per heavy atom. The van der Waals surface area contributed by atoms with E-state index >= 15 is 0 Å². The van der Waals surface area contributed by atoms with E-state index in [1.54, 1.807) is 0 Å². The molecular weight excluding hydrogens is 172 g/mol. The Balaban J connectivity index is 4.25. The van der Waals surface area contributed by atoms with Crippen LogP contribution in [0, 0.1) is 5.92 Å². The molecule has 0 bridgehead atoms. The van der Waals surface area contributed by atoms with E-state index < -0.39 is 0 Å². The van der Waals surface area contributed by atoms with Crippen LogP contribution in [0.3, 0.4) is 0 Å². The zero-order valence-corrected chi connectivity index (χ0v) is 10.6. The summed E-state index contributed by atoms with van der Waals surface area (Å²) in [4.78, 5) is 2.54. The van der Waals surface area contributed by atoms with Crippen molar-refractivity contribution in [3.8, 4) is 0 Å². The van der Waals surface area contributed by atoms with Crippen molar-refractivity contribution in [2.75, 3.05) is 13.1 Å². The molecule has 2 N–H and O–H groups in total. The van der Waals surface area contributed by atoms with Gasteiger partial charge in [0.25, 0.3) is 0 Å². The Labute approximate surface area is 89.9 Å². The summed E-state index contributed by atoms with van der Waals surface area (Å²) in [5.41, 5.74) is 5.85. The quantitative estimate of drug-likeness (QED) is 0.684. The third kappa shape index (κ3) is 4.97. The second-order valence-corrected chi connectivity index (χ2v) is 4.85. The summed E-state index contributed by atoms with van der Waals surface area (Å²) in [6, 6.07) is 1.18. The summed E-state index contributed by atoms with van der Waals surface area (Å²) in [5, 5.41) is 0. The molecule has 0 spiro atoms. The molecule has 2 heteroatoms. The van der Waals surface area contributed by atoms with E-state index in [2.05, 4.69) is 39.5 Å². The highest BCUT2D eigenvalue weighted by atomic mass is 15.2. The third-order valence-corrected chi connectivity index (χ3v) is 2.63. The van der Waals surface area contributed by atoms with Gasteiger partial charge >= 0.3 is 0 Å². The van der Waals surface area contributed by atoms with Gasteiger partial charge in [0.1, 0.15) is 0 Å². The molecule has 0 aromatic rings. The predicted octanol–water partition coefficient (Wildman–Crippen LogP) is 2.48. The van der Waals surface area contributed by atoms with E-state index in [0.717, 1.165) is 12.5 Å².